The minimum Gasteiger partial charge on any atom is -0.484 e. The fourth-order valence-electron chi connectivity index (χ4n) is 1.19. The number of rotatable bonds is 4. The first-order valence-corrected chi connectivity index (χ1v) is 6.09. The van der Waals surface area contributed by atoms with Crippen LogP contribution in [0.1, 0.15) is 46.1 Å². The predicted octanol–water partition coefficient (Wildman–Crippen LogP) is 5.01. The van der Waals surface area contributed by atoms with Gasteiger partial charge in [-0.2, -0.15) is 0 Å². The molecule has 0 N–H and O–H groups in total. The van der Waals surface area contributed by atoms with Gasteiger partial charge in [0.15, 0.2) is 18.2 Å². The second-order valence-corrected chi connectivity index (χ2v) is 4.20. The summed E-state index contributed by atoms with van der Waals surface area (Å²) in [7, 11) is 0. The molecule has 0 atom stereocenters. The van der Waals surface area contributed by atoms with Gasteiger partial charge in [-0.1, -0.05) is 33.8 Å². The van der Waals surface area contributed by atoms with Gasteiger partial charge in [-0.05, 0) is 23.6 Å². The molecule has 0 amide bonds. The maximum absolute atomic E-state index is 13.2. The third-order valence-corrected chi connectivity index (χ3v) is 2.10. The fraction of sp³-hybridized carbons (Fsp3) is 0.571. The molecule has 0 aliphatic heterocycles. The van der Waals surface area contributed by atoms with Crippen LogP contribution in [0.4, 0.5) is 13.2 Å². The number of benzene rings is 1. The Morgan fingerprint density at radius 1 is 1.22 bits per heavy atom. The molecule has 1 nitrogen and oxygen atoms in total. The van der Waals surface area contributed by atoms with E-state index in [0.29, 0.717) is 0 Å². The average molecular weight is 262 g/mol. The lowest BCUT2D eigenvalue weighted by Gasteiger charge is -2.14. The highest BCUT2D eigenvalue weighted by atomic mass is 19.3. The van der Waals surface area contributed by atoms with Crippen LogP contribution in [0.25, 0.3) is 0 Å². The summed E-state index contributed by atoms with van der Waals surface area (Å²) in [5.41, 5.74) is 0.857. The molecule has 104 valence electrons. The molecule has 1 aromatic rings. The minimum absolute atomic E-state index is 0.118. The molecule has 0 aliphatic carbocycles. The van der Waals surface area contributed by atoms with Crippen LogP contribution in [0.3, 0.4) is 0 Å². The van der Waals surface area contributed by atoms with Crippen molar-refractivity contribution in [2.45, 2.75) is 46.5 Å². The van der Waals surface area contributed by atoms with E-state index in [-0.39, 0.29) is 11.7 Å². The molecule has 0 aliphatic rings. The summed E-state index contributed by atoms with van der Waals surface area (Å²) in [6.45, 7) is 7.79. The summed E-state index contributed by atoms with van der Waals surface area (Å²) in [5, 5.41) is 0. The van der Waals surface area contributed by atoms with Crippen molar-refractivity contribution in [1.82, 2.24) is 0 Å². The van der Waals surface area contributed by atoms with E-state index in [4.69, 9.17) is 4.74 Å². The predicted molar refractivity (Wildman–Crippen MR) is 68.0 cm³/mol. The lowest BCUT2D eigenvalue weighted by Crippen LogP contribution is -2.21. The Hall–Kier alpha value is -1.19. The summed E-state index contributed by atoms with van der Waals surface area (Å²) < 4.78 is 43.1. The van der Waals surface area contributed by atoms with Gasteiger partial charge in [-0.15, -0.1) is 0 Å². The van der Waals surface area contributed by atoms with Gasteiger partial charge < -0.3 is 4.74 Å². The van der Waals surface area contributed by atoms with Crippen molar-refractivity contribution in [1.29, 1.82) is 0 Å². The van der Waals surface area contributed by atoms with Crippen LogP contribution in [0, 0.1) is 5.82 Å². The number of ether oxygens (including phenoxy) is 1. The van der Waals surface area contributed by atoms with Crippen molar-refractivity contribution in [2.75, 3.05) is 6.61 Å². The first-order valence-electron chi connectivity index (χ1n) is 6.09. The molecular formula is C14H21F3O. The Kier molecular flexibility index (Phi) is 6.81. The minimum atomic E-state index is -2.96. The van der Waals surface area contributed by atoms with Crippen molar-refractivity contribution in [3.8, 4) is 5.75 Å². The highest BCUT2D eigenvalue weighted by Crippen LogP contribution is 2.25. The van der Waals surface area contributed by atoms with Crippen molar-refractivity contribution in [3.05, 3.63) is 29.6 Å². The van der Waals surface area contributed by atoms with Crippen LogP contribution >= 0.6 is 0 Å². The molecule has 0 saturated carbocycles. The highest BCUT2D eigenvalue weighted by Gasteiger charge is 2.23. The van der Waals surface area contributed by atoms with Crippen LogP contribution in [-0.4, -0.2) is 12.5 Å². The Bertz CT molecular complexity index is 357. The zero-order chi connectivity index (χ0) is 14.3. The second-order valence-electron chi connectivity index (χ2n) is 4.20. The van der Waals surface area contributed by atoms with Crippen molar-refractivity contribution in [3.63, 3.8) is 0 Å². The van der Waals surface area contributed by atoms with Gasteiger partial charge in [0.1, 0.15) is 0 Å². The van der Waals surface area contributed by atoms with E-state index in [2.05, 4.69) is 0 Å². The van der Waals surface area contributed by atoms with E-state index in [1.54, 1.807) is 6.07 Å². The van der Waals surface area contributed by atoms with Gasteiger partial charge in [0, 0.05) is 6.92 Å². The third-order valence-electron chi connectivity index (χ3n) is 2.10. The van der Waals surface area contributed by atoms with Gasteiger partial charge in [0.25, 0.3) is 5.92 Å². The highest BCUT2D eigenvalue weighted by molar-refractivity contribution is 5.32. The molecule has 0 heterocycles. The molecule has 0 aromatic heterocycles. The molecule has 0 unspecified atom stereocenters. The third kappa shape index (κ3) is 5.94. The van der Waals surface area contributed by atoms with E-state index in [1.165, 1.54) is 12.1 Å². The van der Waals surface area contributed by atoms with E-state index in [1.807, 2.05) is 27.7 Å². The van der Waals surface area contributed by atoms with Gasteiger partial charge in [-0.25, -0.2) is 13.2 Å². The fourth-order valence-corrected chi connectivity index (χ4v) is 1.19. The first-order chi connectivity index (χ1) is 8.29. The lowest BCUT2D eigenvalue weighted by molar-refractivity contribution is -0.0239. The standard InChI is InChI=1S/C12H15F3O.C2H6/c1-8(2)9-4-5-10(13)11(6-9)16-7-12(3,14)15;1-2/h4-6,8H,7H2,1-3H3;1-2H3. The molecule has 0 fully saturated rings. The molecule has 1 aromatic carbocycles. The molecule has 0 radical (unpaired) electrons. The largest absolute Gasteiger partial charge is 0.484 e. The maximum Gasteiger partial charge on any atom is 0.278 e. The Labute approximate surface area is 107 Å². The Balaban J connectivity index is 0.00000137. The summed E-state index contributed by atoms with van der Waals surface area (Å²) in [6, 6.07) is 4.32. The average Bonchev–Trinajstić information content (AvgIpc) is 2.29. The van der Waals surface area contributed by atoms with Gasteiger partial charge in [-0.3, -0.25) is 0 Å². The van der Waals surface area contributed by atoms with E-state index < -0.39 is 18.3 Å². The molecule has 0 saturated heterocycles. The van der Waals surface area contributed by atoms with Crippen LogP contribution in [-0.2, 0) is 0 Å². The Morgan fingerprint density at radius 2 is 1.78 bits per heavy atom. The van der Waals surface area contributed by atoms with Crippen LogP contribution in [0.15, 0.2) is 18.2 Å². The summed E-state index contributed by atoms with van der Waals surface area (Å²) in [5.74, 6) is -3.49. The van der Waals surface area contributed by atoms with Crippen LogP contribution < -0.4 is 4.74 Å². The summed E-state index contributed by atoms with van der Waals surface area (Å²) >= 11 is 0. The molecule has 4 heteroatoms. The van der Waals surface area contributed by atoms with E-state index in [9.17, 15) is 13.2 Å². The normalized spacial score (nSPS) is 10.9. The van der Waals surface area contributed by atoms with E-state index >= 15 is 0 Å². The van der Waals surface area contributed by atoms with Crippen LogP contribution in [0.2, 0.25) is 0 Å². The molecular weight excluding hydrogens is 241 g/mol. The second kappa shape index (κ2) is 7.29. The van der Waals surface area contributed by atoms with Crippen molar-refractivity contribution in [2.24, 2.45) is 0 Å². The summed E-state index contributed by atoms with van der Waals surface area (Å²) in [4.78, 5) is 0. The summed E-state index contributed by atoms with van der Waals surface area (Å²) in [6.07, 6.45) is 0. The zero-order valence-corrected chi connectivity index (χ0v) is 11.6. The lowest BCUT2D eigenvalue weighted by atomic mass is 10.0. The van der Waals surface area contributed by atoms with E-state index in [0.717, 1.165) is 12.5 Å². The van der Waals surface area contributed by atoms with Gasteiger partial charge in [0.2, 0.25) is 0 Å². The SMILES string of the molecule is CC.CC(C)c1ccc(F)c(OCC(C)(F)F)c1. The smallest absolute Gasteiger partial charge is 0.278 e. The quantitative estimate of drug-likeness (QED) is 0.741. The zero-order valence-electron chi connectivity index (χ0n) is 11.6. The molecule has 1 rings (SSSR count). The first kappa shape index (κ1) is 16.8. The molecule has 0 spiro atoms. The van der Waals surface area contributed by atoms with Crippen molar-refractivity contribution < 1.29 is 17.9 Å². The molecule has 0 bridgehead atoms. The van der Waals surface area contributed by atoms with Gasteiger partial charge >= 0.3 is 0 Å². The number of hydrogen-bond acceptors (Lipinski definition) is 1. The monoisotopic (exact) mass is 262 g/mol. The molecule has 18 heavy (non-hydrogen) atoms. The number of halogens is 3. The maximum atomic E-state index is 13.2. The van der Waals surface area contributed by atoms with Crippen molar-refractivity contribution >= 4 is 0 Å². The Morgan fingerprint density at radius 3 is 2.22 bits per heavy atom. The number of hydrogen-bond donors (Lipinski definition) is 0. The van der Waals surface area contributed by atoms with Gasteiger partial charge in [0.05, 0.1) is 0 Å². The number of alkyl halides is 2. The van der Waals surface area contributed by atoms with Crippen LogP contribution in [0.5, 0.6) is 5.75 Å². The topological polar surface area (TPSA) is 9.23 Å².